The number of esters is 1. The molecule has 0 aromatic rings. The van der Waals surface area contributed by atoms with Crippen LogP contribution in [0.4, 0.5) is 0 Å². The van der Waals surface area contributed by atoms with Crippen LogP contribution in [-0.2, 0) is 9.53 Å². The summed E-state index contributed by atoms with van der Waals surface area (Å²) in [6.45, 7) is 1.76. The molecule has 30 heavy (non-hydrogen) atoms. The van der Waals surface area contributed by atoms with Crippen molar-refractivity contribution in [2.75, 3.05) is 0 Å². The number of aliphatic hydroxyl groups excluding tert-OH is 4. The van der Waals surface area contributed by atoms with Gasteiger partial charge in [-0.25, -0.2) is 4.79 Å². The number of carbonyl (C=O) groups excluding carboxylic acids is 1. The molecule has 0 bridgehead atoms. The maximum absolute atomic E-state index is 11.8. The lowest BCUT2D eigenvalue weighted by Crippen LogP contribution is -2.15. The molecule has 1 heterocycles. The van der Waals surface area contributed by atoms with Gasteiger partial charge in [-0.3, -0.25) is 0 Å². The molecule has 0 fully saturated rings. The molecule has 0 aliphatic carbocycles. The average Bonchev–Trinajstić information content (AvgIpc) is 2.68. The second-order valence-electron chi connectivity index (χ2n) is 7.26. The van der Waals surface area contributed by atoms with Gasteiger partial charge in [-0.15, -0.1) is 0 Å². The Morgan fingerprint density at radius 2 is 1.37 bits per heavy atom. The fourth-order valence-corrected chi connectivity index (χ4v) is 2.65. The summed E-state index contributed by atoms with van der Waals surface area (Å²) in [6, 6.07) is 0. The molecule has 6 nitrogen and oxygen atoms in total. The number of aliphatic hydroxyl groups is 4. The van der Waals surface area contributed by atoms with E-state index in [1.165, 1.54) is 6.08 Å². The normalized spacial score (nSPS) is 30.7. The lowest BCUT2D eigenvalue weighted by Gasteiger charge is -2.13. The first-order chi connectivity index (χ1) is 14.4. The first-order valence-electron chi connectivity index (χ1n) is 10.3. The molecule has 0 aromatic heterocycles. The van der Waals surface area contributed by atoms with Gasteiger partial charge in [0.15, 0.2) is 0 Å². The molecule has 4 N–H and O–H groups in total. The van der Waals surface area contributed by atoms with Gasteiger partial charge in [-0.2, -0.15) is 0 Å². The topological polar surface area (TPSA) is 107 Å². The minimum absolute atomic E-state index is 0.199. The van der Waals surface area contributed by atoms with Crippen LogP contribution in [-0.4, -0.2) is 56.9 Å². The third-order valence-corrected chi connectivity index (χ3v) is 4.32. The Morgan fingerprint density at radius 3 is 2.13 bits per heavy atom. The number of hydrogen-bond donors (Lipinski definition) is 4. The molecule has 5 atom stereocenters. The van der Waals surface area contributed by atoms with Gasteiger partial charge in [-0.05, 0) is 32.6 Å². The highest BCUT2D eigenvalue weighted by Gasteiger charge is 2.09. The van der Waals surface area contributed by atoms with E-state index in [-0.39, 0.29) is 12.5 Å². The highest BCUT2D eigenvalue weighted by molar-refractivity contribution is 5.82. The first kappa shape index (κ1) is 25.8. The van der Waals surface area contributed by atoms with Crippen LogP contribution in [0.5, 0.6) is 0 Å². The molecule has 6 heteroatoms. The highest BCUT2D eigenvalue weighted by Crippen LogP contribution is 2.08. The molecule has 0 saturated carbocycles. The van der Waals surface area contributed by atoms with Crippen molar-refractivity contribution in [2.45, 2.75) is 69.5 Å². The summed E-state index contributed by atoms with van der Waals surface area (Å²) in [6.07, 6.45) is 18.3. The van der Waals surface area contributed by atoms with Crippen molar-refractivity contribution < 1.29 is 30.0 Å². The second kappa shape index (κ2) is 15.6. The van der Waals surface area contributed by atoms with Gasteiger partial charge < -0.3 is 25.2 Å². The van der Waals surface area contributed by atoms with Gasteiger partial charge in [0, 0.05) is 12.5 Å². The van der Waals surface area contributed by atoms with Crippen LogP contribution < -0.4 is 0 Å². The molecule has 1 unspecified atom stereocenters. The predicted molar refractivity (Wildman–Crippen MR) is 118 cm³/mol. The zero-order valence-corrected chi connectivity index (χ0v) is 17.5. The van der Waals surface area contributed by atoms with E-state index >= 15 is 0 Å². The average molecular weight is 419 g/mol. The molecule has 0 spiro atoms. The molecule has 1 aliphatic heterocycles. The van der Waals surface area contributed by atoms with Gasteiger partial charge >= 0.3 is 5.97 Å². The van der Waals surface area contributed by atoms with Crippen LogP contribution in [0.1, 0.15) is 39.0 Å². The van der Waals surface area contributed by atoms with E-state index in [1.807, 2.05) is 0 Å². The Bertz CT molecular complexity index is 659. The van der Waals surface area contributed by atoms with Crippen molar-refractivity contribution in [2.24, 2.45) is 0 Å². The second-order valence-corrected chi connectivity index (χ2v) is 7.26. The van der Waals surface area contributed by atoms with Gasteiger partial charge in [0.1, 0.15) is 0 Å². The zero-order valence-electron chi connectivity index (χ0n) is 17.5. The highest BCUT2D eigenvalue weighted by atomic mass is 16.5. The lowest BCUT2D eigenvalue weighted by atomic mass is 10.1. The van der Waals surface area contributed by atoms with Crippen LogP contribution in [0.25, 0.3) is 0 Å². The number of carbonyl (C=O) groups is 1. The van der Waals surface area contributed by atoms with Crippen LogP contribution in [0, 0.1) is 0 Å². The number of cyclic esters (lactones) is 1. The van der Waals surface area contributed by atoms with Crippen molar-refractivity contribution in [3.63, 3.8) is 0 Å². The van der Waals surface area contributed by atoms with Crippen LogP contribution in [0.3, 0.4) is 0 Å². The van der Waals surface area contributed by atoms with E-state index in [0.717, 1.165) is 0 Å². The van der Waals surface area contributed by atoms with Crippen molar-refractivity contribution >= 4 is 5.97 Å². The minimum Gasteiger partial charge on any atom is -0.460 e. The number of ether oxygens (including phenoxy) is 1. The molecule has 1 aliphatic rings. The van der Waals surface area contributed by atoms with Crippen molar-refractivity contribution in [1.82, 2.24) is 0 Å². The van der Waals surface area contributed by atoms with E-state index in [4.69, 9.17) is 4.74 Å². The number of allylic oxidation sites excluding steroid dienone is 6. The first-order valence-corrected chi connectivity index (χ1v) is 10.3. The molecule has 1 rings (SSSR count). The number of hydrogen-bond acceptors (Lipinski definition) is 6. The van der Waals surface area contributed by atoms with Crippen molar-refractivity contribution in [3.8, 4) is 0 Å². The Labute approximate surface area is 178 Å². The van der Waals surface area contributed by atoms with Crippen LogP contribution in [0.2, 0.25) is 0 Å². The zero-order chi connectivity index (χ0) is 22.2. The molecule has 0 aromatic carbocycles. The van der Waals surface area contributed by atoms with Gasteiger partial charge in [0.25, 0.3) is 0 Å². The standard InChI is InChI=1S/C24H34O6/c1-19-16-17-21(26)12-8-9-14-23(28)18-22(27)13-6-2-4-10-20(25)11-5-3-7-15-24(29)30-19/h2-10,12,14-15,19-23,25-28H,11,13,16-18H2,1H3/t19?,20-,21+,22+,23+/m1/s1. The molecular formula is C24H34O6. The van der Waals surface area contributed by atoms with E-state index in [2.05, 4.69) is 0 Å². The van der Waals surface area contributed by atoms with Gasteiger partial charge in [-0.1, -0.05) is 66.8 Å². The van der Waals surface area contributed by atoms with Gasteiger partial charge in [0.2, 0.25) is 0 Å². The summed E-state index contributed by atoms with van der Waals surface area (Å²) < 4.78 is 5.25. The van der Waals surface area contributed by atoms with Crippen molar-refractivity contribution in [3.05, 3.63) is 72.9 Å². The van der Waals surface area contributed by atoms with Crippen LogP contribution in [0.15, 0.2) is 72.9 Å². The molecule has 0 amide bonds. The molecular weight excluding hydrogens is 384 g/mol. The monoisotopic (exact) mass is 418 g/mol. The summed E-state index contributed by atoms with van der Waals surface area (Å²) in [5, 5.41) is 39.7. The third kappa shape index (κ3) is 13.8. The fourth-order valence-electron chi connectivity index (χ4n) is 2.65. The Morgan fingerprint density at radius 1 is 0.767 bits per heavy atom. The maximum atomic E-state index is 11.8. The predicted octanol–water partition coefficient (Wildman–Crippen LogP) is 2.66. The smallest absolute Gasteiger partial charge is 0.331 e. The lowest BCUT2D eigenvalue weighted by molar-refractivity contribution is -0.142. The van der Waals surface area contributed by atoms with Crippen LogP contribution >= 0.6 is 0 Å². The Kier molecular flexibility index (Phi) is 13.4. The summed E-state index contributed by atoms with van der Waals surface area (Å²) in [5.41, 5.74) is 0. The third-order valence-electron chi connectivity index (χ3n) is 4.32. The Hall–Kier alpha value is -2.25. The SMILES string of the molecule is CC1CC[C@@H](O)C=CC=C[C@H](O)C[C@@H](O)CC=CC=C[C@@H](O)CC=CC=CC(=O)O1. The van der Waals surface area contributed by atoms with Crippen molar-refractivity contribution in [1.29, 1.82) is 0 Å². The van der Waals surface area contributed by atoms with E-state index < -0.39 is 30.4 Å². The van der Waals surface area contributed by atoms with E-state index in [1.54, 1.807) is 73.8 Å². The fraction of sp³-hybridized carbons (Fsp3) is 0.458. The molecule has 166 valence electrons. The number of rotatable bonds is 0. The largest absolute Gasteiger partial charge is 0.460 e. The summed E-state index contributed by atoms with van der Waals surface area (Å²) in [4.78, 5) is 11.8. The quantitative estimate of drug-likeness (QED) is 0.451. The summed E-state index contributed by atoms with van der Waals surface area (Å²) in [5.74, 6) is -0.462. The molecule has 0 radical (unpaired) electrons. The molecule has 0 saturated heterocycles. The maximum Gasteiger partial charge on any atom is 0.331 e. The van der Waals surface area contributed by atoms with E-state index in [0.29, 0.717) is 25.7 Å². The summed E-state index contributed by atoms with van der Waals surface area (Å²) >= 11 is 0. The Balaban J connectivity index is 2.73. The van der Waals surface area contributed by atoms with Gasteiger partial charge in [0.05, 0.1) is 30.5 Å². The minimum atomic E-state index is -0.794. The van der Waals surface area contributed by atoms with E-state index in [9.17, 15) is 25.2 Å². The summed E-state index contributed by atoms with van der Waals surface area (Å²) in [7, 11) is 0.